The summed E-state index contributed by atoms with van der Waals surface area (Å²) in [6.45, 7) is 0. The Morgan fingerprint density at radius 3 is 2.38 bits per heavy atom. The van der Waals surface area contributed by atoms with Crippen molar-refractivity contribution in [2.75, 3.05) is 0 Å². The van der Waals surface area contributed by atoms with Crippen LogP contribution < -0.4 is 0 Å². The van der Waals surface area contributed by atoms with Crippen LogP contribution in [0.25, 0.3) is 0 Å². The number of hydrogen-bond donors (Lipinski definition) is 1. The van der Waals surface area contributed by atoms with Crippen LogP contribution in [-0.4, -0.2) is 36.4 Å². The Kier molecular flexibility index (Phi) is 4.11. The molecule has 0 saturated heterocycles. The second kappa shape index (κ2) is 5.68. The molecule has 0 spiro atoms. The third kappa shape index (κ3) is 3.29. The fraction of sp³-hybridized carbons (Fsp3) is 0.400. The van der Waals surface area contributed by atoms with E-state index in [0.717, 1.165) is 12.4 Å². The monoisotopic (exact) mass is 309 g/mol. The van der Waals surface area contributed by atoms with Crippen LogP contribution in [0.2, 0.25) is 0 Å². The summed E-state index contributed by atoms with van der Waals surface area (Å²) in [5, 5.41) is 18.9. The number of nitrogens with zero attached hydrogens (tertiary/aromatic N) is 5. The molecule has 21 heavy (non-hydrogen) atoms. The lowest BCUT2D eigenvalue weighted by Gasteiger charge is -2.18. The van der Waals surface area contributed by atoms with Crippen LogP contribution in [0.15, 0.2) is 24.7 Å². The molecule has 3 unspecified atom stereocenters. The van der Waals surface area contributed by atoms with Gasteiger partial charge in [-0.3, -0.25) is 4.98 Å². The lowest BCUT2D eigenvalue weighted by atomic mass is 10.1. The summed E-state index contributed by atoms with van der Waals surface area (Å²) in [4.78, 5) is 3.25. The molecular formula is C10H8F5N5O. The van der Waals surface area contributed by atoms with E-state index < -0.39 is 36.0 Å². The zero-order valence-electron chi connectivity index (χ0n) is 10.1. The number of pyridine rings is 1. The molecule has 0 amide bonds. The minimum absolute atomic E-state index is 0.402. The summed E-state index contributed by atoms with van der Waals surface area (Å²) in [5.41, 5.74) is -1.61. The van der Waals surface area contributed by atoms with Gasteiger partial charge in [0.1, 0.15) is 12.4 Å². The molecule has 2 heterocycles. The summed E-state index contributed by atoms with van der Waals surface area (Å²) >= 11 is 0. The van der Waals surface area contributed by atoms with Crippen molar-refractivity contribution in [2.24, 2.45) is 0 Å². The molecular weight excluding hydrogens is 301 g/mol. The van der Waals surface area contributed by atoms with Crippen molar-refractivity contribution in [2.45, 2.75) is 24.7 Å². The molecule has 114 valence electrons. The van der Waals surface area contributed by atoms with E-state index in [2.05, 4.69) is 20.5 Å². The number of alkyl halides is 5. The fourth-order valence-corrected chi connectivity index (χ4v) is 1.49. The van der Waals surface area contributed by atoms with E-state index in [1.165, 1.54) is 0 Å². The molecule has 0 saturated carbocycles. The summed E-state index contributed by atoms with van der Waals surface area (Å²) < 4.78 is 65.0. The Hall–Kier alpha value is -2.17. The van der Waals surface area contributed by atoms with Crippen LogP contribution in [0.1, 0.15) is 23.7 Å². The van der Waals surface area contributed by atoms with Gasteiger partial charge in [0.25, 0.3) is 0 Å². The van der Waals surface area contributed by atoms with Gasteiger partial charge in [0, 0.05) is 6.20 Å². The Morgan fingerprint density at radius 1 is 1.19 bits per heavy atom. The molecule has 0 aliphatic carbocycles. The molecule has 0 fully saturated rings. The van der Waals surface area contributed by atoms with E-state index in [1.54, 1.807) is 0 Å². The maximum Gasteiger partial charge on any atom is 0.417 e. The molecule has 0 aliphatic rings. The average molecular weight is 309 g/mol. The lowest BCUT2D eigenvalue weighted by molar-refractivity contribution is -0.137. The van der Waals surface area contributed by atoms with Gasteiger partial charge in [0.15, 0.2) is 6.17 Å². The maximum absolute atomic E-state index is 13.9. The summed E-state index contributed by atoms with van der Waals surface area (Å²) in [6.07, 6.45) is -10.3. The highest BCUT2D eigenvalue weighted by molar-refractivity contribution is 5.18. The number of aliphatic hydroxyl groups is 1. The van der Waals surface area contributed by atoms with Crippen LogP contribution in [-0.2, 0) is 6.18 Å². The summed E-state index contributed by atoms with van der Waals surface area (Å²) in [5.74, 6) is 0. The Labute approximate surface area is 114 Å². The van der Waals surface area contributed by atoms with Gasteiger partial charge in [-0.05, 0) is 22.6 Å². The molecule has 3 atom stereocenters. The van der Waals surface area contributed by atoms with Gasteiger partial charge in [0.05, 0.1) is 11.3 Å². The highest BCUT2D eigenvalue weighted by Gasteiger charge is 2.34. The van der Waals surface area contributed by atoms with E-state index in [1.807, 2.05) is 0 Å². The van der Waals surface area contributed by atoms with E-state index >= 15 is 0 Å². The number of aliphatic hydroxyl groups excluding tert-OH is 1. The zero-order chi connectivity index (χ0) is 15.6. The van der Waals surface area contributed by atoms with Crippen molar-refractivity contribution in [3.8, 4) is 0 Å². The molecule has 11 heteroatoms. The highest BCUT2D eigenvalue weighted by Crippen LogP contribution is 2.31. The number of tetrazole rings is 1. The second-order valence-corrected chi connectivity index (χ2v) is 4.02. The van der Waals surface area contributed by atoms with Gasteiger partial charge in [-0.15, -0.1) is 5.10 Å². The third-order valence-electron chi connectivity index (χ3n) is 2.60. The molecule has 6 nitrogen and oxygen atoms in total. The first-order chi connectivity index (χ1) is 9.80. The van der Waals surface area contributed by atoms with Gasteiger partial charge in [0.2, 0.25) is 6.30 Å². The Bertz CT molecular complexity index is 573. The largest absolute Gasteiger partial charge is 0.417 e. The smallest absolute Gasteiger partial charge is 0.385 e. The van der Waals surface area contributed by atoms with E-state index in [4.69, 9.17) is 0 Å². The molecule has 2 aromatic heterocycles. The number of hydrogen-bond acceptors (Lipinski definition) is 5. The third-order valence-corrected chi connectivity index (χ3v) is 2.60. The van der Waals surface area contributed by atoms with Crippen molar-refractivity contribution in [1.29, 1.82) is 0 Å². The number of aromatic nitrogens is 5. The Morgan fingerprint density at radius 2 is 1.90 bits per heavy atom. The van der Waals surface area contributed by atoms with Crippen molar-refractivity contribution in [3.05, 3.63) is 35.9 Å². The predicted molar refractivity (Wildman–Crippen MR) is 57.1 cm³/mol. The number of rotatable bonds is 4. The normalized spacial score (nSPS) is 16.5. The van der Waals surface area contributed by atoms with Crippen molar-refractivity contribution in [3.63, 3.8) is 0 Å². The topological polar surface area (TPSA) is 76.7 Å². The van der Waals surface area contributed by atoms with Crippen LogP contribution in [0.5, 0.6) is 0 Å². The van der Waals surface area contributed by atoms with Crippen LogP contribution in [0.3, 0.4) is 0 Å². The van der Waals surface area contributed by atoms with Crippen LogP contribution in [0, 0.1) is 0 Å². The van der Waals surface area contributed by atoms with Gasteiger partial charge in [-0.1, -0.05) is 0 Å². The second-order valence-electron chi connectivity index (χ2n) is 4.02. The quantitative estimate of drug-likeness (QED) is 0.869. The molecule has 1 N–H and O–H groups in total. The van der Waals surface area contributed by atoms with Gasteiger partial charge < -0.3 is 5.11 Å². The molecule has 0 radical (unpaired) electrons. The first-order valence-corrected chi connectivity index (χ1v) is 5.52. The van der Waals surface area contributed by atoms with Crippen LogP contribution >= 0.6 is 0 Å². The molecule has 0 aliphatic heterocycles. The predicted octanol–water partition coefficient (Wildman–Crippen LogP) is 1.63. The first-order valence-electron chi connectivity index (χ1n) is 5.52. The maximum atomic E-state index is 13.9. The SMILES string of the molecule is OC(C(F)c1ccc(C(F)(F)F)cn1)C(F)n1cnnn1. The fourth-order valence-electron chi connectivity index (χ4n) is 1.49. The van der Waals surface area contributed by atoms with E-state index in [0.29, 0.717) is 16.9 Å². The first kappa shape index (κ1) is 15.2. The van der Waals surface area contributed by atoms with E-state index in [-0.39, 0.29) is 0 Å². The minimum atomic E-state index is -4.62. The van der Waals surface area contributed by atoms with E-state index in [9.17, 15) is 27.1 Å². The Balaban J connectivity index is 2.14. The molecule has 0 bridgehead atoms. The van der Waals surface area contributed by atoms with Gasteiger partial charge in [-0.25, -0.2) is 8.78 Å². The minimum Gasteiger partial charge on any atom is -0.385 e. The molecule has 0 aromatic carbocycles. The molecule has 2 aromatic rings. The zero-order valence-corrected chi connectivity index (χ0v) is 10.1. The lowest BCUT2D eigenvalue weighted by Crippen LogP contribution is -2.26. The standard InChI is InChI=1S/C10H8F5N5O/c11-7(8(21)9(12)20-4-17-18-19-20)6-2-1-5(3-16-6)10(13,14)15/h1-4,7-9,21H. The summed E-state index contributed by atoms with van der Waals surface area (Å²) in [6, 6.07) is 1.31. The summed E-state index contributed by atoms with van der Waals surface area (Å²) in [7, 11) is 0. The van der Waals surface area contributed by atoms with Crippen LogP contribution in [0.4, 0.5) is 22.0 Å². The van der Waals surface area contributed by atoms with Crippen molar-refractivity contribution >= 4 is 0 Å². The average Bonchev–Trinajstić information content (AvgIpc) is 2.98. The molecule has 2 rings (SSSR count). The van der Waals surface area contributed by atoms with Crippen molar-refractivity contribution < 1.29 is 27.1 Å². The highest BCUT2D eigenvalue weighted by atomic mass is 19.4. The number of halogens is 5. The van der Waals surface area contributed by atoms with Gasteiger partial charge in [-0.2, -0.15) is 17.9 Å². The van der Waals surface area contributed by atoms with Gasteiger partial charge >= 0.3 is 6.18 Å². The van der Waals surface area contributed by atoms with Crippen molar-refractivity contribution in [1.82, 2.24) is 25.2 Å².